The highest BCUT2D eigenvalue weighted by Crippen LogP contribution is 2.30. The van der Waals surface area contributed by atoms with E-state index in [1.165, 1.54) is 14.0 Å². The smallest absolute Gasteiger partial charge is 0.0903 e. The lowest BCUT2D eigenvalue weighted by atomic mass is 10.2. The molecule has 0 N–H and O–H groups in total. The Labute approximate surface area is 101 Å². The molecule has 2 rings (SSSR count). The van der Waals surface area contributed by atoms with Gasteiger partial charge in [0, 0.05) is 3.57 Å². The lowest BCUT2D eigenvalue weighted by molar-refractivity contribution is 1.20. The van der Waals surface area contributed by atoms with Crippen LogP contribution in [-0.2, 0) is 0 Å². The van der Waals surface area contributed by atoms with E-state index in [1.807, 2.05) is 0 Å². The molecule has 2 aromatic rings. The monoisotopic (exact) mass is 315 g/mol. The van der Waals surface area contributed by atoms with Crippen LogP contribution in [0.5, 0.6) is 0 Å². The molecule has 1 nitrogen and oxygen atoms in total. The number of benzene rings is 1. The van der Waals surface area contributed by atoms with Crippen LogP contribution in [0.15, 0.2) is 24.3 Å². The van der Waals surface area contributed by atoms with Crippen LogP contribution in [0.3, 0.4) is 0 Å². The fourth-order valence-electron chi connectivity index (χ4n) is 1.43. The third kappa shape index (κ3) is 1.98. The summed E-state index contributed by atoms with van der Waals surface area (Å²) in [5.41, 5.74) is 2.41. The molecule has 1 aromatic heterocycles. The fourth-order valence-corrected chi connectivity index (χ4v) is 2.89. The van der Waals surface area contributed by atoms with Crippen LogP contribution in [-0.4, -0.2) is 4.98 Å². The maximum Gasteiger partial charge on any atom is 0.0903 e. The van der Waals surface area contributed by atoms with Gasteiger partial charge in [-0.3, -0.25) is 0 Å². The molecule has 0 saturated carbocycles. The van der Waals surface area contributed by atoms with Gasteiger partial charge in [0.25, 0.3) is 0 Å². The molecule has 0 atom stereocenters. The molecular formula is C11H10INS. The van der Waals surface area contributed by atoms with Crippen LogP contribution in [0.1, 0.15) is 10.7 Å². The number of hydrogen-bond donors (Lipinski definition) is 0. The van der Waals surface area contributed by atoms with E-state index in [4.69, 9.17) is 0 Å². The second-order valence-corrected chi connectivity index (χ2v) is 5.61. The SMILES string of the molecule is Cc1nc(C)c(-c2cccc(I)c2)s1. The Hall–Kier alpha value is -0.420. The Morgan fingerprint density at radius 3 is 2.64 bits per heavy atom. The summed E-state index contributed by atoms with van der Waals surface area (Å²) in [7, 11) is 0. The number of aromatic nitrogens is 1. The minimum Gasteiger partial charge on any atom is -0.246 e. The van der Waals surface area contributed by atoms with Gasteiger partial charge >= 0.3 is 0 Å². The molecule has 14 heavy (non-hydrogen) atoms. The standard InChI is InChI=1S/C11H10INS/c1-7-11(14-8(2)13-7)9-4-3-5-10(12)6-9/h3-6H,1-2H3. The van der Waals surface area contributed by atoms with Crippen molar-refractivity contribution in [1.29, 1.82) is 0 Å². The average molecular weight is 315 g/mol. The van der Waals surface area contributed by atoms with Crippen LogP contribution in [0.25, 0.3) is 10.4 Å². The molecule has 0 fully saturated rings. The third-order valence-electron chi connectivity index (χ3n) is 1.99. The molecule has 0 radical (unpaired) electrons. The Balaban J connectivity index is 2.54. The molecule has 0 amide bonds. The number of aryl methyl sites for hydroxylation is 2. The van der Waals surface area contributed by atoms with Crippen LogP contribution in [0.2, 0.25) is 0 Å². The highest BCUT2D eigenvalue weighted by molar-refractivity contribution is 14.1. The molecule has 0 bridgehead atoms. The number of hydrogen-bond acceptors (Lipinski definition) is 2. The van der Waals surface area contributed by atoms with Gasteiger partial charge in [-0.15, -0.1) is 11.3 Å². The van der Waals surface area contributed by atoms with Gasteiger partial charge in [0.2, 0.25) is 0 Å². The first-order chi connectivity index (χ1) is 6.66. The maximum absolute atomic E-state index is 4.43. The van der Waals surface area contributed by atoms with Crippen molar-refractivity contribution in [3.8, 4) is 10.4 Å². The molecular weight excluding hydrogens is 305 g/mol. The summed E-state index contributed by atoms with van der Waals surface area (Å²) < 4.78 is 1.27. The van der Waals surface area contributed by atoms with E-state index in [0.29, 0.717) is 0 Å². The normalized spacial score (nSPS) is 10.5. The Bertz CT molecular complexity index is 462. The van der Waals surface area contributed by atoms with E-state index >= 15 is 0 Å². The van der Waals surface area contributed by atoms with E-state index in [1.54, 1.807) is 11.3 Å². The summed E-state index contributed by atoms with van der Waals surface area (Å²) in [5.74, 6) is 0. The van der Waals surface area contributed by atoms with E-state index in [-0.39, 0.29) is 0 Å². The first-order valence-electron chi connectivity index (χ1n) is 4.37. The summed E-state index contributed by atoms with van der Waals surface area (Å²) in [4.78, 5) is 5.73. The van der Waals surface area contributed by atoms with E-state index in [2.05, 4.69) is 65.7 Å². The zero-order valence-electron chi connectivity index (χ0n) is 8.04. The largest absolute Gasteiger partial charge is 0.246 e. The highest BCUT2D eigenvalue weighted by Gasteiger charge is 2.06. The van der Waals surface area contributed by atoms with Crippen LogP contribution < -0.4 is 0 Å². The van der Waals surface area contributed by atoms with E-state index < -0.39 is 0 Å². The van der Waals surface area contributed by atoms with Gasteiger partial charge in [-0.1, -0.05) is 12.1 Å². The molecule has 0 saturated heterocycles. The number of halogens is 1. The topological polar surface area (TPSA) is 12.9 Å². The molecule has 0 aliphatic carbocycles. The van der Waals surface area contributed by atoms with Gasteiger partial charge in [0.1, 0.15) is 0 Å². The van der Waals surface area contributed by atoms with Crippen LogP contribution >= 0.6 is 33.9 Å². The molecule has 0 aliphatic rings. The molecule has 0 aliphatic heterocycles. The first kappa shape index (κ1) is 10.1. The van der Waals surface area contributed by atoms with Crippen molar-refractivity contribution in [1.82, 2.24) is 4.98 Å². The molecule has 1 aromatic carbocycles. The van der Waals surface area contributed by atoms with Gasteiger partial charge in [-0.05, 0) is 54.1 Å². The summed E-state index contributed by atoms with van der Waals surface area (Å²) in [5, 5.41) is 1.14. The molecule has 3 heteroatoms. The lowest BCUT2D eigenvalue weighted by Gasteiger charge is -1.98. The van der Waals surface area contributed by atoms with Crippen molar-refractivity contribution < 1.29 is 0 Å². The van der Waals surface area contributed by atoms with Gasteiger partial charge < -0.3 is 0 Å². The highest BCUT2D eigenvalue weighted by atomic mass is 127. The van der Waals surface area contributed by atoms with E-state index in [9.17, 15) is 0 Å². The zero-order valence-corrected chi connectivity index (χ0v) is 11.0. The Morgan fingerprint density at radius 1 is 1.29 bits per heavy atom. The predicted molar refractivity (Wildman–Crippen MR) is 69.7 cm³/mol. The van der Waals surface area contributed by atoms with Crippen LogP contribution in [0, 0.1) is 17.4 Å². The molecule has 0 unspecified atom stereocenters. The van der Waals surface area contributed by atoms with Crippen molar-refractivity contribution in [2.45, 2.75) is 13.8 Å². The first-order valence-corrected chi connectivity index (χ1v) is 6.26. The molecule has 72 valence electrons. The van der Waals surface area contributed by atoms with Gasteiger partial charge in [-0.2, -0.15) is 0 Å². The van der Waals surface area contributed by atoms with Gasteiger partial charge in [-0.25, -0.2) is 4.98 Å². The second-order valence-electron chi connectivity index (χ2n) is 3.16. The third-order valence-corrected chi connectivity index (χ3v) is 3.78. The van der Waals surface area contributed by atoms with Crippen molar-refractivity contribution >= 4 is 33.9 Å². The second kappa shape index (κ2) is 3.98. The average Bonchev–Trinajstić information content (AvgIpc) is 2.45. The van der Waals surface area contributed by atoms with Crippen molar-refractivity contribution in [2.75, 3.05) is 0 Å². The fraction of sp³-hybridized carbons (Fsp3) is 0.182. The van der Waals surface area contributed by atoms with E-state index in [0.717, 1.165) is 10.7 Å². The summed E-state index contributed by atoms with van der Waals surface area (Å²) in [6.45, 7) is 4.12. The minimum absolute atomic E-state index is 1.13. The van der Waals surface area contributed by atoms with Crippen molar-refractivity contribution in [3.05, 3.63) is 38.5 Å². The Kier molecular flexibility index (Phi) is 2.88. The molecule has 1 heterocycles. The van der Waals surface area contributed by atoms with Gasteiger partial charge in [0.05, 0.1) is 15.6 Å². The molecule has 0 spiro atoms. The summed E-state index contributed by atoms with van der Waals surface area (Å²) in [6, 6.07) is 8.53. The Morgan fingerprint density at radius 2 is 2.07 bits per heavy atom. The van der Waals surface area contributed by atoms with Crippen LogP contribution in [0.4, 0.5) is 0 Å². The zero-order chi connectivity index (χ0) is 10.1. The number of thiazole rings is 1. The number of nitrogens with zero attached hydrogens (tertiary/aromatic N) is 1. The van der Waals surface area contributed by atoms with Crippen molar-refractivity contribution in [2.24, 2.45) is 0 Å². The minimum atomic E-state index is 1.13. The maximum atomic E-state index is 4.43. The predicted octanol–water partition coefficient (Wildman–Crippen LogP) is 4.03. The summed E-state index contributed by atoms with van der Waals surface area (Å²) in [6.07, 6.45) is 0. The number of rotatable bonds is 1. The quantitative estimate of drug-likeness (QED) is 0.724. The lowest BCUT2D eigenvalue weighted by Crippen LogP contribution is -1.78. The summed E-state index contributed by atoms with van der Waals surface area (Å²) >= 11 is 4.10. The van der Waals surface area contributed by atoms with Gasteiger partial charge in [0.15, 0.2) is 0 Å². The van der Waals surface area contributed by atoms with Crippen molar-refractivity contribution in [3.63, 3.8) is 0 Å².